The molecule has 0 aliphatic rings. The predicted octanol–water partition coefficient (Wildman–Crippen LogP) is 4.28. The number of hydrogen-bond acceptors (Lipinski definition) is 5. The van der Waals surface area contributed by atoms with Crippen LogP contribution in [0.2, 0.25) is 10.0 Å². The Morgan fingerprint density at radius 2 is 1.74 bits per heavy atom. The summed E-state index contributed by atoms with van der Waals surface area (Å²) in [5.74, 6) is -1.56. The minimum atomic E-state index is -1.17. The van der Waals surface area contributed by atoms with Gasteiger partial charge in [-0.25, -0.2) is 9.59 Å². The van der Waals surface area contributed by atoms with Crippen molar-refractivity contribution in [2.75, 3.05) is 5.32 Å². The number of benzene rings is 2. The van der Waals surface area contributed by atoms with E-state index < -0.39 is 23.6 Å². The first-order valence-corrected chi connectivity index (χ1v) is 8.60. The van der Waals surface area contributed by atoms with E-state index in [0.29, 0.717) is 26.7 Å². The first-order chi connectivity index (χ1) is 12.8. The maximum Gasteiger partial charge on any atom is 0.351 e. The molecule has 1 aromatic heterocycles. The number of hydrogen-bond donors (Lipinski definition) is 1. The van der Waals surface area contributed by atoms with Crippen molar-refractivity contribution < 1.29 is 18.7 Å². The summed E-state index contributed by atoms with van der Waals surface area (Å²) in [7, 11) is 0. The average molecular weight is 406 g/mol. The largest absolute Gasteiger partial charge is 0.449 e. The zero-order valence-electron chi connectivity index (χ0n) is 14.0. The van der Waals surface area contributed by atoms with E-state index in [2.05, 4.69) is 5.32 Å². The zero-order valence-corrected chi connectivity index (χ0v) is 15.5. The maximum atomic E-state index is 12.3. The summed E-state index contributed by atoms with van der Waals surface area (Å²) in [6.07, 6.45) is -1.17. The lowest BCUT2D eigenvalue weighted by molar-refractivity contribution is -0.123. The van der Waals surface area contributed by atoms with E-state index in [1.165, 1.54) is 31.2 Å². The maximum absolute atomic E-state index is 12.3. The van der Waals surface area contributed by atoms with Gasteiger partial charge in [-0.1, -0.05) is 41.4 Å². The van der Waals surface area contributed by atoms with Gasteiger partial charge in [-0.05, 0) is 37.3 Å². The molecule has 8 heteroatoms. The van der Waals surface area contributed by atoms with E-state index in [-0.39, 0.29) is 5.56 Å². The van der Waals surface area contributed by atoms with Crippen LogP contribution in [0.1, 0.15) is 17.3 Å². The van der Waals surface area contributed by atoms with Crippen LogP contribution in [0.15, 0.2) is 57.7 Å². The Balaban J connectivity index is 1.74. The fourth-order valence-corrected chi connectivity index (χ4v) is 2.88. The van der Waals surface area contributed by atoms with E-state index in [9.17, 15) is 14.4 Å². The first-order valence-electron chi connectivity index (χ1n) is 7.84. The van der Waals surface area contributed by atoms with Crippen molar-refractivity contribution in [1.82, 2.24) is 0 Å². The van der Waals surface area contributed by atoms with E-state index in [0.717, 1.165) is 0 Å². The van der Waals surface area contributed by atoms with Crippen molar-refractivity contribution >= 4 is 51.7 Å². The van der Waals surface area contributed by atoms with Crippen molar-refractivity contribution in [1.29, 1.82) is 0 Å². The number of rotatable bonds is 4. The molecule has 0 fully saturated rings. The molecule has 27 heavy (non-hydrogen) atoms. The van der Waals surface area contributed by atoms with Crippen LogP contribution >= 0.6 is 23.2 Å². The van der Waals surface area contributed by atoms with Gasteiger partial charge in [0.15, 0.2) is 6.10 Å². The third-order valence-corrected chi connectivity index (χ3v) is 4.08. The summed E-state index contributed by atoms with van der Waals surface area (Å²) in [5, 5.41) is 3.79. The summed E-state index contributed by atoms with van der Waals surface area (Å²) >= 11 is 11.8. The van der Waals surface area contributed by atoms with Crippen LogP contribution in [-0.2, 0) is 9.53 Å². The standard InChI is InChI=1S/C19H13Cl2NO5/c1-10(17(23)22-14-8-12(20)7-13(21)9-14)26-18(24)15-6-11-4-2-3-5-16(11)27-19(15)25/h2-10H,1H3,(H,22,23)/t10-/m1/s1. The van der Waals surface area contributed by atoms with Crippen molar-refractivity contribution in [2.24, 2.45) is 0 Å². The summed E-state index contributed by atoms with van der Waals surface area (Å²) in [5.41, 5.74) is -0.430. The highest BCUT2D eigenvalue weighted by Gasteiger charge is 2.22. The molecule has 0 aliphatic heterocycles. The van der Waals surface area contributed by atoms with Gasteiger partial charge in [0.25, 0.3) is 5.91 Å². The summed E-state index contributed by atoms with van der Waals surface area (Å²) in [4.78, 5) is 36.5. The van der Waals surface area contributed by atoms with Crippen LogP contribution in [0.4, 0.5) is 5.69 Å². The fraction of sp³-hybridized carbons (Fsp3) is 0.105. The molecular weight excluding hydrogens is 393 g/mol. The number of carbonyl (C=O) groups excluding carboxylic acids is 2. The first kappa shape index (κ1) is 18.9. The molecule has 6 nitrogen and oxygen atoms in total. The third kappa shape index (κ3) is 4.48. The molecule has 3 rings (SSSR count). The highest BCUT2D eigenvalue weighted by atomic mass is 35.5. The number of halogens is 2. The van der Waals surface area contributed by atoms with Gasteiger partial charge in [0.2, 0.25) is 0 Å². The van der Waals surface area contributed by atoms with Gasteiger partial charge in [0, 0.05) is 21.1 Å². The second kappa shape index (κ2) is 7.82. The van der Waals surface area contributed by atoms with Crippen LogP contribution in [0.3, 0.4) is 0 Å². The Hall–Kier alpha value is -2.83. The smallest absolute Gasteiger partial charge is 0.351 e. The van der Waals surface area contributed by atoms with Crippen molar-refractivity contribution in [2.45, 2.75) is 13.0 Å². The second-order valence-corrected chi connectivity index (χ2v) is 6.55. The number of carbonyl (C=O) groups is 2. The van der Waals surface area contributed by atoms with Crippen LogP contribution < -0.4 is 10.9 Å². The topological polar surface area (TPSA) is 85.6 Å². The molecule has 0 spiro atoms. The molecule has 0 unspecified atom stereocenters. The number of anilines is 1. The van der Waals surface area contributed by atoms with Gasteiger partial charge in [-0.15, -0.1) is 0 Å². The SMILES string of the molecule is C[C@@H](OC(=O)c1cc2ccccc2oc1=O)C(=O)Nc1cc(Cl)cc(Cl)c1. The molecule has 0 bridgehead atoms. The van der Waals surface area contributed by atoms with Gasteiger partial charge in [0.05, 0.1) is 0 Å². The summed E-state index contributed by atoms with van der Waals surface area (Å²) < 4.78 is 10.2. The Kier molecular flexibility index (Phi) is 5.48. The number of fused-ring (bicyclic) bond motifs is 1. The molecule has 0 aliphatic carbocycles. The second-order valence-electron chi connectivity index (χ2n) is 5.68. The summed E-state index contributed by atoms with van der Waals surface area (Å²) in [6, 6.07) is 12.6. The van der Waals surface area contributed by atoms with Crippen molar-refractivity contribution in [3.05, 3.63) is 74.6 Å². The van der Waals surface area contributed by atoms with E-state index in [1.54, 1.807) is 24.3 Å². The highest BCUT2D eigenvalue weighted by molar-refractivity contribution is 6.35. The van der Waals surface area contributed by atoms with E-state index in [1.807, 2.05) is 0 Å². The minimum absolute atomic E-state index is 0.292. The van der Waals surface area contributed by atoms with Crippen molar-refractivity contribution in [3.8, 4) is 0 Å². The van der Waals surface area contributed by atoms with Gasteiger partial charge < -0.3 is 14.5 Å². The summed E-state index contributed by atoms with van der Waals surface area (Å²) in [6.45, 7) is 1.38. The Labute approximate surface area is 163 Å². The molecule has 0 radical (unpaired) electrons. The molecule has 138 valence electrons. The molecule has 1 amide bonds. The average Bonchev–Trinajstić information content (AvgIpc) is 2.60. The molecule has 1 atom stereocenters. The lowest BCUT2D eigenvalue weighted by atomic mass is 10.2. The molecule has 2 aromatic carbocycles. The Morgan fingerprint density at radius 1 is 1.07 bits per heavy atom. The van der Waals surface area contributed by atoms with Gasteiger partial charge >= 0.3 is 11.6 Å². The number of nitrogens with one attached hydrogen (secondary N) is 1. The number of amides is 1. The third-order valence-electron chi connectivity index (χ3n) is 3.64. The Morgan fingerprint density at radius 3 is 2.44 bits per heavy atom. The van der Waals surface area contributed by atoms with Crippen LogP contribution in [0, 0.1) is 0 Å². The zero-order chi connectivity index (χ0) is 19.6. The molecule has 0 saturated heterocycles. The molecule has 1 heterocycles. The Bertz CT molecular complexity index is 1070. The normalized spacial score (nSPS) is 11.8. The monoisotopic (exact) mass is 405 g/mol. The van der Waals surface area contributed by atoms with Gasteiger partial charge in [-0.2, -0.15) is 0 Å². The lowest BCUT2D eigenvalue weighted by Gasteiger charge is -2.13. The lowest BCUT2D eigenvalue weighted by Crippen LogP contribution is -2.31. The van der Waals surface area contributed by atoms with Gasteiger partial charge in [0.1, 0.15) is 11.1 Å². The quantitative estimate of drug-likeness (QED) is 0.516. The van der Waals surface area contributed by atoms with E-state index in [4.69, 9.17) is 32.4 Å². The molecule has 1 N–H and O–H groups in total. The molecular formula is C19H13Cl2NO5. The fourth-order valence-electron chi connectivity index (χ4n) is 2.35. The van der Waals surface area contributed by atoms with Gasteiger partial charge in [-0.3, -0.25) is 4.79 Å². The van der Waals surface area contributed by atoms with Crippen LogP contribution in [-0.4, -0.2) is 18.0 Å². The minimum Gasteiger partial charge on any atom is -0.449 e. The van der Waals surface area contributed by atoms with Crippen molar-refractivity contribution in [3.63, 3.8) is 0 Å². The highest BCUT2D eigenvalue weighted by Crippen LogP contribution is 2.22. The van der Waals surface area contributed by atoms with Crippen LogP contribution in [0.5, 0.6) is 0 Å². The molecule has 3 aromatic rings. The van der Waals surface area contributed by atoms with E-state index >= 15 is 0 Å². The number of para-hydroxylation sites is 1. The molecule has 0 saturated carbocycles. The number of esters is 1. The predicted molar refractivity (Wildman–Crippen MR) is 102 cm³/mol. The van der Waals surface area contributed by atoms with Crippen LogP contribution in [0.25, 0.3) is 11.0 Å². The number of ether oxygens (including phenoxy) is 1.